The number of hydrogen-bond acceptors (Lipinski definition) is 3. The molecule has 3 rings (SSSR count). The first-order chi connectivity index (χ1) is 13.4. The van der Waals surface area contributed by atoms with Crippen LogP contribution >= 0.6 is 0 Å². The molecule has 0 bridgehead atoms. The van der Waals surface area contributed by atoms with Crippen molar-refractivity contribution in [2.45, 2.75) is 45.6 Å². The van der Waals surface area contributed by atoms with Crippen molar-refractivity contribution in [3.8, 4) is 0 Å². The van der Waals surface area contributed by atoms with Crippen LogP contribution in [0.4, 0.5) is 13.2 Å². The molecule has 0 unspecified atom stereocenters. The Labute approximate surface area is 169 Å². The van der Waals surface area contributed by atoms with Crippen molar-refractivity contribution in [2.24, 2.45) is 11.3 Å². The molecule has 1 aromatic carbocycles. The zero-order valence-corrected chi connectivity index (χ0v) is 17.0. The van der Waals surface area contributed by atoms with E-state index in [1.807, 2.05) is 20.8 Å². The van der Waals surface area contributed by atoms with Crippen LogP contribution in [0.3, 0.4) is 0 Å². The number of alkyl halides is 2. The van der Waals surface area contributed by atoms with Crippen LogP contribution in [0.1, 0.15) is 56.0 Å². The van der Waals surface area contributed by atoms with Gasteiger partial charge in [-0.05, 0) is 63.1 Å². The average Bonchev–Trinajstić information content (AvgIpc) is 2.52. The van der Waals surface area contributed by atoms with Crippen LogP contribution in [-0.2, 0) is 4.79 Å². The second kappa shape index (κ2) is 7.97. The monoisotopic (exact) mass is 411 g/mol. The summed E-state index contributed by atoms with van der Waals surface area (Å²) in [5.41, 5.74) is -0.604. The number of hydrogen-bond donors (Lipinski definition) is 2. The van der Waals surface area contributed by atoms with Gasteiger partial charge in [-0.2, -0.15) is 0 Å². The summed E-state index contributed by atoms with van der Waals surface area (Å²) in [5, 5.41) is 5.67. The second-order valence-corrected chi connectivity index (χ2v) is 9.50. The Balaban J connectivity index is 1.39. The molecule has 1 saturated carbocycles. The standard InChI is InChI=1S/C21H28F3N3O2/c1-20(2,3)26-17(28)10-27-11-21(12-27)7-13(8-21)9-25-19(29)15-4-14(18(23)24)5-16(22)6-15/h4-6,13,18H,7-12H2,1-3H3,(H,25,29)(H,26,28). The molecular weight excluding hydrogens is 383 g/mol. The minimum Gasteiger partial charge on any atom is -0.352 e. The summed E-state index contributed by atoms with van der Waals surface area (Å²) in [6.07, 6.45) is -0.914. The normalized spacial score (nSPS) is 19.0. The number of benzene rings is 1. The molecule has 0 radical (unpaired) electrons. The largest absolute Gasteiger partial charge is 0.352 e. The summed E-state index contributed by atoms with van der Waals surface area (Å²) >= 11 is 0. The Morgan fingerprint density at radius 2 is 1.86 bits per heavy atom. The van der Waals surface area contributed by atoms with Crippen LogP contribution in [0.2, 0.25) is 0 Å². The lowest BCUT2D eigenvalue weighted by atomic mass is 9.57. The summed E-state index contributed by atoms with van der Waals surface area (Å²) < 4.78 is 39.0. The van der Waals surface area contributed by atoms with Crippen LogP contribution in [0.5, 0.6) is 0 Å². The Morgan fingerprint density at radius 1 is 1.21 bits per heavy atom. The van der Waals surface area contributed by atoms with Gasteiger partial charge >= 0.3 is 0 Å². The lowest BCUT2D eigenvalue weighted by Gasteiger charge is -2.59. The van der Waals surface area contributed by atoms with Gasteiger partial charge in [-0.25, -0.2) is 13.2 Å². The SMILES string of the molecule is CC(C)(C)NC(=O)CN1CC2(CC(CNC(=O)c3cc(F)cc(C(F)F)c3)C2)C1. The maximum atomic E-state index is 13.5. The Bertz CT molecular complexity index is 778. The van der Waals surface area contributed by atoms with Crippen LogP contribution in [0.25, 0.3) is 0 Å². The zero-order chi connectivity index (χ0) is 21.4. The average molecular weight is 411 g/mol. The number of amides is 2. The van der Waals surface area contributed by atoms with E-state index >= 15 is 0 Å². The number of carbonyl (C=O) groups excluding carboxylic acids is 2. The van der Waals surface area contributed by atoms with Crippen molar-refractivity contribution in [1.82, 2.24) is 15.5 Å². The number of nitrogens with zero attached hydrogens (tertiary/aromatic N) is 1. The van der Waals surface area contributed by atoms with Crippen molar-refractivity contribution in [1.29, 1.82) is 0 Å². The second-order valence-electron chi connectivity index (χ2n) is 9.50. The molecule has 0 aromatic heterocycles. The van der Waals surface area contributed by atoms with Gasteiger partial charge in [0.2, 0.25) is 5.91 Å². The third-order valence-corrected chi connectivity index (χ3v) is 5.43. The predicted molar refractivity (Wildman–Crippen MR) is 103 cm³/mol. The smallest absolute Gasteiger partial charge is 0.263 e. The van der Waals surface area contributed by atoms with E-state index in [4.69, 9.17) is 0 Å². The molecule has 1 spiro atoms. The number of rotatable bonds is 6. The van der Waals surface area contributed by atoms with Gasteiger partial charge in [-0.1, -0.05) is 0 Å². The summed E-state index contributed by atoms with van der Waals surface area (Å²) in [6, 6.07) is 2.73. The van der Waals surface area contributed by atoms with E-state index in [-0.39, 0.29) is 22.4 Å². The molecule has 1 saturated heterocycles. The molecule has 1 aliphatic carbocycles. The number of carbonyl (C=O) groups is 2. The molecule has 2 aliphatic rings. The van der Waals surface area contributed by atoms with Crippen molar-refractivity contribution in [3.05, 3.63) is 35.1 Å². The van der Waals surface area contributed by atoms with Gasteiger partial charge in [0.1, 0.15) is 5.82 Å². The highest BCUT2D eigenvalue weighted by molar-refractivity contribution is 5.94. The zero-order valence-electron chi connectivity index (χ0n) is 17.0. The molecule has 2 N–H and O–H groups in total. The lowest BCUT2D eigenvalue weighted by molar-refractivity contribution is -0.133. The first kappa shape index (κ1) is 21.6. The maximum Gasteiger partial charge on any atom is 0.263 e. The van der Waals surface area contributed by atoms with Crippen LogP contribution in [-0.4, -0.2) is 48.4 Å². The predicted octanol–water partition coefficient (Wildman–Crippen LogP) is 3.12. The quantitative estimate of drug-likeness (QED) is 0.756. The van der Waals surface area contributed by atoms with Gasteiger partial charge in [-0.15, -0.1) is 0 Å². The fourth-order valence-corrected chi connectivity index (χ4v) is 4.45. The van der Waals surface area contributed by atoms with E-state index < -0.39 is 23.7 Å². The summed E-state index contributed by atoms with van der Waals surface area (Å²) in [7, 11) is 0. The molecular formula is C21H28F3N3O2. The molecule has 5 nitrogen and oxygen atoms in total. The third kappa shape index (κ3) is 5.50. The minimum absolute atomic E-state index is 0.0220. The first-order valence-electron chi connectivity index (χ1n) is 9.85. The van der Waals surface area contributed by atoms with E-state index in [9.17, 15) is 22.8 Å². The van der Waals surface area contributed by atoms with Crippen LogP contribution in [0.15, 0.2) is 18.2 Å². The molecule has 1 heterocycles. The van der Waals surface area contributed by atoms with Gasteiger partial charge in [0.05, 0.1) is 6.54 Å². The fourth-order valence-electron chi connectivity index (χ4n) is 4.45. The van der Waals surface area contributed by atoms with Crippen LogP contribution < -0.4 is 10.6 Å². The Morgan fingerprint density at radius 3 is 2.45 bits per heavy atom. The highest BCUT2D eigenvalue weighted by atomic mass is 19.3. The number of likely N-dealkylation sites (tertiary alicyclic amines) is 1. The van der Waals surface area contributed by atoms with Gasteiger partial charge in [0.15, 0.2) is 0 Å². The summed E-state index contributed by atoms with van der Waals surface area (Å²) in [5.74, 6) is -1.05. The van der Waals surface area contributed by atoms with Gasteiger partial charge in [0, 0.05) is 36.3 Å². The lowest BCUT2D eigenvalue weighted by Crippen LogP contribution is -2.64. The van der Waals surface area contributed by atoms with E-state index in [0.717, 1.165) is 44.1 Å². The van der Waals surface area contributed by atoms with E-state index in [0.29, 0.717) is 19.0 Å². The number of nitrogens with one attached hydrogen (secondary N) is 2. The molecule has 160 valence electrons. The van der Waals surface area contributed by atoms with Crippen LogP contribution in [0, 0.1) is 17.2 Å². The minimum atomic E-state index is -2.82. The molecule has 8 heteroatoms. The third-order valence-electron chi connectivity index (χ3n) is 5.43. The summed E-state index contributed by atoms with van der Waals surface area (Å²) in [6.45, 7) is 8.42. The summed E-state index contributed by atoms with van der Waals surface area (Å²) in [4.78, 5) is 26.3. The van der Waals surface area contributed by atoms with E-state index in [2.05, 4.69) is 15.5 Å². The molecule has 29 heavy (non-hydrogen) atoms. The Hall–Kier alpha value is -2.09. The van der Waals surface area contributed by atoms with Gasteiger partial charge < -0.3 is 10.6 Å². The fraction of sp³-hybridized carbons (Fsp3) is 0.619. The molecule has 2 fully saturated rings. The Kier molecular flexibility index (Phi) is 5.94. The van der Waals surface area contributed by atoms with Crippen molar-refractivity contribution in [3.63, 3.8) is 0 Å². The van der Waals surface area contributed by atoms with Gasteiger partial charge in [0.25, 0.3) is 12.3 Å². The van der Waals surface area contributed by atoms with Crippen molar-refractivity contribution < 1.29 is 22.8 Å². The molecule has 2 amide bonds. The molecule has 1 aromatic rings. The molecule has 0 atom stereocenters. The number of halogens is 3. The first-order valence-corrected chi connectivity index (χ1v) is 9.85. The highest BCUT2D eigenvalue weighted by Gasteiger charge is 2.52. The topological polar surface area (TPSA) is 61.4 Å². The molecule has 1 aliphatic heterocycles. The highest BCUT2D eigenvalue weighted by Crippen LogP contribution is 2.51. The maximum absolute atomic E-state index is 13.5. The van der Waals surface area contributed by atoms with Crippen molar-refractivity contribution in [2.75, 3.05) is 26.2 Å². The van der Waals surface area contributed by atoms with Crippen molar-refractivity contribution >= 4 is 11.8 Å². The van der Waals surface area contributed by atoms with Gasteiger partial charge in [-0.3, -0.25) is 14.5 Å². The van der Waals surface area contributed by atoms with E-state index in [1.165, 1.54) is 0 Å². The van der Waals surface area contributed by atoms with E-state index in [1.54, 1.807) is 0 Å².